The summed E-state index contributed by atoms with van der Waals surface area (Å²) in [6, 6.07) is 10.5. The zero-order chi connectivity index (χ0) is 19.8. The largest absolute Gasteiger partial charge is 0.338 e. The van der Waals surface area contributed by atoms with Crippen LogP contribution in [0.1, 0.15) is 16.8 Å². The van der Waals surface area contributed by atoms with Gasteiger partial charge in [0.25, 0.3) is 0 Å². The van der Waals surface area contributed by atoms with Gasteiger partial charge in [-0.1, -0.05) is 35.4 Å². The summed E-state index contributed by atoms with van der Waals surface area (Å²) in [5.74, 6) is 0.237. The molecule has 2 aromatic carbocycles. The van der Waals surface area contributed by atoms with Crippen molar-refractivity contribution < 1.29 is 9.18 Å². The Morgan fingerprint density at radius 2 is 2.11 bits per heavy atom. The lowest BCUT2D eigenvalue weighted by atomic mass is 10.1. The van der Waals surface area contributed by atoms with Gasteiger partial charge in [-0.05, 0) is 37.6 Å². The van der Waals surface area contributed by atoms with Crippen LogP contribution < -0.4 is 5.32 Å². The second-order valence-electron chi connectivity index (χ2n) is 6.56. The van der Waals surface area contributed by atoms with Crippen molar-refractivity contribution in [1.29, 1.82) is 0 Å². The SMILES string of the molecule is Cc1ccc(F)c(-c2nc3scc(CC=O)n3c2Nc2c(C)cccc2Cl)c1. The van der Waals surface area contributed by atoms with Gasteiger partial charge in [0.2, 0.25) is 0 Å². The summed E-state index contributed by atoms with van der Waals surface area (Å²) < 4.78 is 16.5. The summed E-state index contributed by atoms with van der Waals surface area (Å²) >= 11 is 7.82. The molecule has 142 valence electrons. The number of imidazole rings is 1. The summed E-state index contributed by atoms with van der Waals surface area (Å²) in [6.07, 6.45) is 1.08. The van der Waals surface area contributed by atoms with E-state index in [1.54, 1.807) is 18.2 Å². The Hall–Kier alpha value is -2.70. The Bertz CT molecular complexity index is 1180. The average molecular weight is 414 g/mol. The number of hydrogen-bond donors (Lipinski definition) is 1. The highest BCUT2D eigenvalue weighted by atomic mass is 35.5. The zero-order valence-electron chi connectivity index (χ0n) is 15.3. The molecule has 1 N–H and O–H groups in total. The van der Waals surface area contributed by atoms with Gasteiger partial charge in [-0.15, -0.1) is 11.3 Å². The minimum atomic E-state index is -0.354. The number of aldehydes is 1. The zero-order valence-corrected chi connectivity index (χ0v) is 16.9. The van der Waals surface area contributed by atoms with Gasteiger partial charge in [0.15, 0.2) is 4.96 Å². The number of anilines is 2. The van der Waals surface area contributed by atoms with E-state index < -0.39 is 0 Å². The fourth-order valence-corrected chi connectivity index (χ4v) is 4.35. The Labute approximate surface area is 170 Å². The molecule has 0 saturated carbocycles. The molecule has 28 heavy (non-hydrogen) atoms. The average Bonchev–Trinajstić information content (AvgIpc) is 3.21. The Balaban J connectivity index is 1.99. The van der Waals surface area contributed by atoms with E-state index in [1.807, 2.05) is 35.8 Å². The van der Waals surface area contributed by atoms with E-state index in [0.29, 0.717) is 27.1 Å². The maximum atomic E-state index is 14.7. The van der Waals surface area contributed by atoms with Crippen LogP contribution in [0.2, 0.25) is 5.02 Å². The topological polar surface area (TPSA) is 46.4 Å². The molecule has 0 aliphatic rings. The molecule has 0 aliphatic heterocycles. The molecule has 0 atom stereocenters. The fraction of sp³-hybridized carbons (Fsp3) is 0.143. The fourth-order valence-electron chi connectivity index (χ4n) is 3.18. The third-order valence-electron chi connectivity index (χ3n) is 4.57. The molecule has 0 bridgehead atoms. The van der Waals surface area contributed by atoms with Gasteiger partial charge in [-0.3, -0.25) is 4.40 Å². The number of nitrogens with zero attached hydrogens (tertiary/aromatic N) is 2. The van der Waals surface area contributed by atoms with Gasteiger partial charge in [-0.25, -0.2) is 9.37 Å². The van der Waals surface area contributed by atoms with Crippen molar-refractivity contribution in [1.82, 2.24) is 9.38 Å². The Morgan fingerprint density at radius 1 is 1.29 bits per heavy atom. The van der Waals surface area contributed by atoms with Crippen LogP contribution in [-0.2, 0) is 11.2 Å². The molecule has 4 rings (SSSR count). The number of carbonyl (C=O) groups is 1. The van der Waals surface area contributed by atoms with Gasteiger partial charge in [0, 0.05) is 23.1 Å². The van der Waals surface area contributed by atoms with E-state index in [9.17, 15) is 9.18 Å². The second-order valence-corrected chi connectivity index (χ2v) is 7.81. The number of benzene rings is 2. The minimum absolute atomic E-state index is 0.238. The second kappa shape index (κ2) is 7.37. The number of rotatable bonds is 5. The van der Waals surface area contributed by atoms with Crippen LogP contribution in [0.5, 0.6) is 0 Å². The molecular formula is C21H17ClFN3OS. The smallest absolute Gasteiger partial charge is 0.196 e. The van der Waals surface area contributed by atoms with Gasteiger partial charge < -0.3 is 10.1 Å². The summed E-state index contributed by atoms with van der Waals surface area (Å²) in [7, 11) is 0. The molecule has 2 aromatic heterocycles. The van der Waals surface area contributed by atoms with Gasteiger partial charge in [-0.2, -0.15) is 0 Å². The number of thiazole rings is 1. The first-order valence-electron chi connectivity index (χ1n) is 8.70. The van der Waals surface area contributed by atoms with Crippen LogP contribution >= 0.6 is 22.9 Å². The van der Waals surface area contributed by atoms with E-state index in [-0.39, 0.29) is 12.2 Å². The Morgan fingerprint density at radius 3 is 2.86 bits per heavy atom. The standard InChI is InChI=1S/C21H17ClFN3OS/c1-12-6-7-17(23)15(10-12)19-20(24-18-13(2)4-3-5-16(18)22)26-14(8-9-27)11-28-21(26)25-19/h3-7,9-11,24H,8H2,1-2H3. The van der Waals surface area contributed by atoms with E-state index >= 15 is 0 Å². The molecule has 7 heteroatoms. The van der Waals surface area contributed by atoms with E-state index in [0.717, 1.165) is 28.8 Å². The summed E-state index contributed by atoms with van der Waals surface area (Å²) in [5.41, 5.74) is 4.28. The van der Waals surface area contributed by atoms with Gasteiger partial charge in [0.1, 0.15) is 23.6 Å². The molecule has 2 heterocycles. The van der Waals surface area contributed by atoms with Crippen molar-refractivity contribution in [2.24, 2.45) is 0 Å². The molecule has 4 nitrogen and oxygen atoms in total. The van der Waals surface area contributed by atoms with Crippen molar-refractivity contribution in [2.45, 2.75) is 20.3 Å². The summed E-state index contributed by atoms with van der Waals surface area (Å²) in [5, 5.41) is 5.79. The molecular weight excluding hydrogens is 397 g/mol. The van der Waals surface area contributed by atoms with Crippen molar-refractivity contribution in [3.63, 3.8) is 0 Å². The quantitative estimate of drug-likeness (QED) is 0.411. The maximum absolute atomic E-state index is 14.7. The molecule has 0 spiro atoms. The number of para-hydroxylation sites is 1. The molecule has 0 unspecified atom stereocenters. The van der Waals surface area contributed by atoms with Crippen LogP contribution in [0.4, 0.5) is 15.9 Å². The van der Waals surface area contributed by atoms with Crippen molar-refractivity contribution in [3.05, 3.63) is 69.4 Å². The third-order valence-corrected chi connectivity index (χ3v) is 5.76. The van der Waals surface area contributed by atoms with Crippen molar-refractivity contribution in [3.8, 4) is 11.3 Å². The first kappa shape index (κ1) is 18.7. The monoisotopic (exact) mass is 413 g/mol. The maximum Gasteiger partial charge on any atom is 0.196 e. The first-order valence-corrected chi connectivity index (χ1v) is 9.96. The van der Waals surface area contributed by atoms with E-state index in [2.05, 4.69) is 10.3 Å². The number of fused-ring (bicyclic) bond motifs is 1. The van der Waals surface area contributed by atoms with E-state index in [1.165, 1.54) is 17.4 Å². The predicted octanol–water partition coefficient (Wildman–Crippen LogP) is 5.96. The van der Waals surface area contributed by atoms with Crippen LogP contribution in [0.25, 0.3) is 16.2 Å². The lowest BCUT2D eigenvalue weighted by molar-refractivity contribution is -0.107. The lowest BCUT2D eigenvalue weighted by Crippen LogP contribution is -2.02. The highest BCUT2D eigenvalue weighted by Crippen LogP contribution is 2.38. The predicted molar refractivity (Wildman–Crippen MR) is 112 cm³/mol. The van der Waals surface area contributed by atoms with Crippen molar-refractivity contribution in [2.75, 3.05) is 5.32 Å². The summed E-state index contributed by atoms with van der Waals surface area (Å²) in [4.78, 5) is 16.5. The van der Waals surface area contributed by atoms with Crippen LogP contribution in [0.3, 0.4) is 0 Å². The van der Waals surface area contributed by atoms with Crippen LogP contribution in [0, 0.1) is 19.7 Å². The lowest BCUT2D eigenvalue weighted by Gasteiger charge is -2.14. The normalized spacial score (nSPS) is 11.1. The highest BCUT2D eigenvalue weighted by molar-refractivity contribution is 7.15. The number of aryl methyl sites for hydroxylation is 2. The van der Waals surface area contributed by atoms with Crippen LogP contribution in [-0.4, -0.2) is 15.7 Å². The Kier molecular flexibility index (Phi) is 4.91. The van der Waals surface area contributed by atoms with Gasteiger partial charge >= 0.3 is 0 Å². The molecule has 0 radical (unpaired) electrons. The van der Waals surface area contributed by atoms with Crippen molar-refractivity contribution >= 4 is 45.7 Å². The number of aromatic nitrogens is 2. The number of halogens is 2. The first-order chi connectivity index (χ1) is 13.5. The third kappa shape index (κ3) is 3.19. The molecule has 0 saturated heterocycles. The molecule has 0 amide bonds. The number of carbonyl (C=O) groups excluding carboxylic acids is 1. The number of hydrogen-bond acceptors (Lipinski definition) is 4. The van der Waals surface area contributed by atoms with Gasteiger partial charge in [0.05, 0.1) is 10.7 Å². The van der Waals surface area contributed by atoms with Crippen LogP contribution in [0.15, 0.2) is 41.8 Å². The highest BCUT2D eigenvalue weighted by Gasteiger charge is 2.21. The number of nitrogens with one attached hydrogen (secondary N) is 1. The summed E-state index contributed by atoms with van der Waals surface area (Å²) in [6.45, 7) is 3.85. The molecule has 0 aliphatic carbocycles. The van der Waals surface area contributed by atoms with E-state index in [4.69, 9.17) is 11.6 Å². The molecule has 0 fully saturated rings. The minimum Gasteiger partial charge on any atom is -0.338 e. The molecule has 4 aromatic rings.